The molecule has 2 fully saturated rings. The van der Waals surface area contributed by atoms with Crippen LogP contribution in [0.25, 0.3) is 0 Å². The fraction of sp³-hybridized carbons (Fsp3) is 0.529. The summed E-state index contributed by atoms with van der Waals surface area (Å²) in [6.07, 6.45) is 5.52. The van der Waals surface area contributed by atoms with Gasteiger partial charge in [-0.2, -0.15) is 0 Å². The molecule has 1 aromatic heterocycles. The monoisotopic (exact) mass is 284 g/mol. The minimum Gasteiger partial charge on any atom is -0.424 e. The van der Waals surface area contributed by atoms with E-state index < -0.39 is 0 Å². The van der Waals surface area contributed by atoms with Crippen molar-refractivity contribution in [2.45, 2.75) is 43.4 Å². The van der Waals surface area contributed by atoms with Gasteiger partial charge in [0.25, 0.3) is 0 Å². The number of nitrogens with zero attached hydrogens (tertiary/aromatic N) is 2. The molecule has 1 atom stereocenters. The van der Waals surface area contributed by atoms with Crippen molar-refractivity contribution < 1.29 is 9.15 Å². The minimum absolute atomic E-state index is 0.0616. The summed E-state index contributed by atoms with van der Waals surface area (Å²) >= 11 is 0. The summed E-state index contributed by atoms with van der Waals surface area (Å²) in [5.41, 5.74) is 1.41. The largest absolute Gasteiger partial charge is 0.424 e. The molecule has 0 N–H and O–H groups in total. The highest BCUT2D eigenvalue weighted by Crippen LogP contribution is 2.46. The average Bonchev–Trinajstić information content (AvgIpc) is 3.14. The SMILES string of the molecule is c1ccc(CC2(c3nnc(C4CCOC4)o3)CCC2)cc1. The lowest BCUT2D eigenvalue weighted by molar-refractivity contribution is 0.176. The third-order valence-electron chi connectivity index (χ3n) is 4.87. The molecule has 2 heterocycles. The molecule has 1 aliphatic carbocycles. The summed E-state index contributed by atoms with van der Waals surface area (Å²) in [5, 5.41) is 8.67. The van der Waals surface area contributed by atoms with Crippen LogP contribution in [0.4, 0.5) is 0 Å². The van der Waals surface area contributed by atoms with Crippen LogP contribution in [0.1, 0.15) is 48.9 Å². The lowest BCUT2D eigenvalue weighted by Gasteiger charge is -2.38. The first-order chi connectivity index (χ1) is 10.4. The molecule has 1 saturated carbocycles. The molecule has 1 unspecified atom stereocenters. The maximum atomic E-state index is 6.04. The Morgan fingerprint density at radius 3 is 2.67 bits per heavy atom. The topological polar surface area (TPSA) is 48.2 Å². The highest BCUT2D eigenvalue weighted by atomic mass is 16.5. The van der Waals surface area contributed by atoms with Gasteiger partial charge in [0.05, 0.1) is 17.9 Å². The van der Waals surface area contributed by atoms with Gasteiger partial charge in [-0.1, -0.05) is 36.8 Å². The van der Waals surface area contributed by atoms with Crippen molar-refractivity contribution in [3.05, 3.63) is 47.7 Å². The Morgan fingerprint density at radius 1 is 1.14 bits per heavy atom. The van der Waals surface area contributed by atoms with Crippen LogP contribution in [0.3, 0.4) is 0 Å². The summed E-state index contributed by atoms with van der Waals surface area (Å²) in [5.74, 6) is 1.89. The smallest absolute Gasteiger partial charge is 0.223 e. The van der Waals surface area contributed by atoms with Gasteiger partial charge in [0.1, 0.15) is 0 Å². The van der Waals surface area contributed by atoms with Gasteiger partial charge in [-0.25, -0.2) is 0 Å². The Labute approximate surface area is 124 Å². The van der Waals surface area contributed by atoms with Crippen LogP contribution in [-0.2, 0) is 16.6 Å². The molecule has 4 rings (SSSR count). The fourth-order valence-electron chi connectivity index (χ4n) is 3.40. The number of rotatable bonds is 4. The first-order valence-corrected chi connectivity index (χ1v) is 7.81. The maximum Gasteiger partial charge on any atom is 0.223 e. The summed E-state index contributed by atoms with van der Waals surface area (Å²) in [7, 11) is 0. The summed E-state index contributed by atoms with van der Waals surface area (Å²) < 4.78 is 11.5. The second-order valence-electron chi connectivity index (χ2n) is 6.30. The van der Waals surface area contributed by atoms with Crippen LogP contribution in [0, 0.1) is 0 Å². The number of ether oxygens (including phenoxy) is 1. The molecule has 0 spiro atoms. The van der Waals surface area contributed by atoms with Crippen molar-refractivity contribution in [3.63, 3.8) is 0 Å². The molecule has 1 saturated heterocycles. The third-order valence-corrected chi connectivity index (χ3v) is 4.87. The molecular weight excluding hydrogens is 264 g/mol. The van der Waals surface area contributed by atoms with Gasteiger partial charge in [0.15, 0.2) is 0 Å². The number of aromatic nitrogens is 2. The Hall–Kier alpha value is -1.68. The maximum absolute atomic E-state index is 6.04. The molecule has 1 aliphatic heterocycles. The van der Waals surface area contributed by atoms with E-state index in [2.05, 4.69) is 40.5 Å². The fourth-order valence-corrected chi connectivity index (χ4v) is 3.40. The van der Waals surface area contributed by atoms with Crippen LogP contribution in [0.15, 0.2) is 34.7 Å². The van der Waals surface area contributed by atoms with Gasteiger partial charge in [-0.3, -0.25) is 0 Å². The molecule has 0 radical (unpaired) electrons. The van der Waals surface area contributed by atoms with E-state index in [1.165, 1.54) is 12.0 Å². The van der Waals surface area contributed by atoms with E-state index in [4.69, 9.17) is 9.15 Å². The van der Waals surface area contributed by atoms with Gasteiger partial charge in [-0.05, 0) is 31.2 Å². The predicted molar refractivity (Wildman–Crippen MR) is 78.2 cm³/mol. The Bertz CT molecular complexity index is 598. The quantitative estimate of drug-likeness (QED) is 0.864. The number of benzene rings is 1. The highest BCUT2D eigenvalue weighted by Gasteiger charge is 2.44. The van der Waals surface area contributed by atoms with E-state index in [9.17, 15) is 0 Å². The molecule has 21 heavy (non-hydrogen) atoms. The zero-order valence-electron chi connectivity index (χ0n) is 12.1. The molecular formula is C17H20N2O2. The molecule has 4 nitrogen and oxygen atoms in total. The molecule has 0 amide bonds. The number of hydrogen-bond donors (Lipinski definition) is 0. The summed E-state index contributed by atoms with van der Waals surface area (Å²) in [6, 6.07) is 10.6. The standard InChI is InChI=1S/C17H20N2O2/c1-2-5-13(6-3-1)11-17(8-4-9-17)16-19-18-15(21-16)14-7-10-20-12-14/h1-3,5-6,14H,4,7-12H2. The summed E-state index contributed by atoms with van der Waals surface area (Å²) in [6.45, 7) is 1.52. The van der Waals surface area contributed by atoms with Gasteiger partial charge < -0.3 is 9.15 Å². The van der Waals surface area contributed by atoms with Crippen molar-refractivity contribution in [2.24, 2.45) is 0 Å². The molecule has 2 aliphatic rings. The second-order valence-corrected chi connectivity index (χ2v) is 6.30. The van der Waals surface area contributed by atoms with Crippen LogP contribution >= 0.6 is 0 Å². The van der Waals surface area contributed by atoms with E-state index in [-0.39, 0.29) is 5.41 Å². The van der Waals surface area contributed by atoms with Gasteiger partial charge >= 0.3 is 0 Å². The van der Waals surface area contributed by atoms with Gasteiger partial charge in [0, 0.05) is 6.61 Å². The molecule has 0 bridgehead atoms. The van der Waals surface area contributed by atoms with Crippen LogP contribution in [-0.4, -0.2) is 23.4 Å². The van der Waals surface area contributed by atoms with Crippen molar-refractivity contribution >= 4 is 0 Å². The Kier molecular flexibility index (Phi) is 3.26. The third kappa shape index (κ3) is 2.38. The molecule has 4 heteroatoms. The zero-order chi connectivity index (χ0) is 14.1. The minimum atomic E-state index is 0.0616. The first kappa shape index (κ1) is 13.0. The van der Waals surface area contributed by atoms with Crippen molar-refractivity contribution in [1.82, 2.24) is 10.2 Å². The summed E-state index contributed by atoms with van der Waals surface area (Å²) in [4.78, 5) is 0. The van der Waals surface area contributed by atoms with Gasteiger partial charge in [0.2, 0.25) is 11.8 Å². The molecule has 1 aromatic carbocycles. The van der Waals surface area contributed by atoms with Crippen LogP contribution < -0.4 is 0 Å². The Morgan fingerprint density at radius 2 is 2.00 bits per heavy atom. The van der Waals surface area contributed by atoms with E-state index in [1.807, 2.05) is 0 Å². The molecule has 110 valence electrons. The van der Waals surface area contributed by atoms with Crippen LogP contribution in [0.2, 0.25) is 0 Å². The zero-order valence-corrected chi connectivity index (χ0v) is 12.1. The number of hydrogen-bond acceptors (Lipinski definition) is 4. The average molecular weight is 284 g/mol. The predicted octanol–water partition coefficient (Wildman–Crippen LogP) is 3.24. The van der Waals surface area contributed by atoms with Gasteiger partial charge in [-0.15, -0.1) is 10.2 Å². The normalized spacial score (nSPS) is 23.9. The first-order valence-electron chi connectivity index (χ1n) is 7.81. The van der Waals surface area contributed by atoms with Crippen molar-refractivity contribution in [3.8, 4) is 0 Å². The lowest BCUT2D eigenvalue weighted by atomic mass is 9.65. The van der Waals surface area contributed by atoms with E-state index in [0.29, 0.717) is 12.5 Å². The van der Waals surface area contributed by atoms with Crippen LogP contribution in [0.5, 0.6) is 0 Å². The lowest BCUT2D eigenvalue weighted by Crippen LogP contribution is -2.37. The molecule has 2 aromatic rings. The van der Waals surface area contributed by atoms with Crippen molar-refractivity contribution in [1.29, 1.82) is 0 Å². The van der Waals surface area contributed by atoms with E-state index in [1.54, 1.807) is 0 Å². The van der Waals surface area contributed by atoms with E-state index in [0.717, 1.165) is 44.1 Å². The van der Waals surface area contributed by atoms with Crippen molar-refractivity contribution in [2.75, 3.05) is 13.2 Å². The Balaban J connectivity index is 1.57. The highest BCUT2D eigenvalue weighted by molar-refractivity contribution is 5.22. The van der Waals surface area contributed by atoms with E-state index >= 15 is 0 Å². The second kappa shape index (κ2) is 5.26.